The van der Waals surface area contributed by atoms with E-state index in [2.05, 4.69) is 34.8 Å². The summed E-state index contributed by atoms with van der Waals surface area (Å²) >= 11 is 2.31. The summed E-state index contributed by atoms with van der Waals surface area (Å²) in [6.07, 6.45) is 6.68. The molecule has 0 heterocycles. The average Bonchev–Trinajstić information content (AvgIpc) is 3.30. The van der Waals surface area contributed by atoms with Gasteiger partial charge in [0.15, 0.2) is 0 Å². The van der Waals surface area contributed by atoms with Crippen LogP contribution in [0, 0.1) is 15.4 Å². The first kappa shape index (κ1) is 21.8. The molecule has 0 aliphatic heterocycles. The highest BCUT2D eigenvalue weighted by Crippen LogP contribution is 2.44. The van der Waals surface area contributed by atoms with E-state index in [0.29, 0.717) is 5.92 Å². The van der Waals surface area contributed by atoms with E-state index in [9.17, 15) is 4.79 Å². The van der Waals surface area contributed by atoms with Crippen LogP contribution in [0.2, 0.25) is 0 Å². The SMILES string of the molecule is CCCC[C@H](OC(=O)NC1CC2CCC1C2)[C@@H](OCOC)c1ccccc1I. The first-order valence-electron chi connectivity index (χ1n) is 10.4. The summed E-state index contributed by atoms with van der Waals surface area (Å²) < 4.78 is 18.2. The van der Waals surface area contributed by atoms with Gasteiger partial charge in [0, 0.05) is 16.7 Å². The molecule has 3 unspecified atom stereocenters. The Morgan fingerprint density at radius 3 is 2.75 bits per heavy atom. The van der Waals surface area contributed by atoms with E-state index in [4.69, 9.17) is 14.2 Å². The lowest BCUT2D eigenvalue weighted by atomic mass is 9.95. The van der Waals surface area contributed by atoms with Gasteiger partial charge in [-0.2, -0.15) is 0 Å². The number of fused-ring (bicyclic) bond motifs is 2. The van der Waals surface area contributed by atoms with Crippen LogP contribution >= 0.6 is 22.6 Å². The molecule has 2 aliphatic rings. The van der Waals surface area contributed by atoms with Gasteiger partial charge < -0.3 is 19.5 Å². The maximum Gasteiger partial charge on any atom is 0.407 e. The number of rotatable bonds is 10. The third kappa shape index (κ3) is 5.60. The topological polar surface area (TPSA) is 56.8 Å². The van der Waals surface area contributed by atoms with Gasteiger partial charge in [-0.3, -0.25) is 0 Å². The van der Waals surface area contributed by atoms with Crippen LogP contribution in [0.15, 0.2) is 24.3 Å². The number of halogens is 1. The molecule has 2 bridgehead atoms. The van der Waals surface area contributed by atoms with Gasteiger partial charge in [-0.25, -0.2) is 4.79 Å². The van der Waals surface area contributed by atoms with Crippen LogP contribution in [-0.2, 0) is 14.2 Å². The molecule has 156 valence electrons. The van der Waals surface area contributed by atoms with Gasteiger partial charge in [0.1, 0.15) is 19.0 Å². The summed E-state index contributed by atoms with van der Waals surface area (Å²) in [6.45, 7) is 2.30. The predicted octanol–water partition coefficient (Wildman–Crippen LogP) is 5.43. The Kier molecular flexibility index (Phi) is 8.41. The molecule has 2 aliphatic carbocycles. The van der Waals surface area contributed by atoms with E-state index in [-0.39, 0.29) is 31.1 Å². The lowest BCUT2D eigenvalue weighted by Crippen LogP contribution is -2.41. The van der Waals surface area contributed by atoms with Crippen molar-refractivity contribution in [3.63, 3.8) is 0 Å². The molecule has 2 saturated carbocycles. The summed E-state index contributed by atoms with van der Waals surface area (Å²) in [7, 11) is 1.61. The average molecular weight is 501 g/mol. The first-order chi connectivity index (χ1) is 13.6. The monoisotopic (exact) mass is 501 g/mol. The zero-order valence-corrected chi connectivity index (χ0v) is 19.0. The number of unbranched alkanes of at least 4 members (excludes halogenated alkanes) is 1. The lowest BCUT2D eigenvalue weighted by molar-refractivity contribution is -0.118. The minimum Gasteiger partial charge on any atom is -0.443 e. The van der Waals surface area contributed by atoms with Gasteiger partial charge in [-0.1, -0.05) is 38.0 Å². The molecular formula is C22H32INO4. The van der Waals surface area contributed by atoms with Gasteiger partial charge >= 0.3 is 6.09 Å². The van der Waals surface area contributed by atoms with Crippen LogP contribution in [-0.4, -0.2) is 32.1 Å². The summed E-state index contributed by atoms with van der Waals surface area (Å²) in [5.74, 6) is 1.41. The second kappa shape index (κ2) is 10.8. The molecule has 1 aromatic carbocycles. The van der Waals surface area contributed by atoms with Crippen molar-refractivity contribution in [2.24, 2.45) is 11.8 Å². The number of hydrogen-bond acceptors (Lipinski definition) is 4. The molecule has 1 N–H and O–H groups in total. The predicted molar refractivity (Wildman–Crippen MR) is 117 cm³/mol. The molecule has 3 rings (SSSR count). The molecular weight excluding hydrogens is 469 g/mol. The number of nitrogens with one attached hydrogen (secondary N) is 1. The minimum atomic E-state index is -0.343. The van der Waals surface area contributed by atoms with Gasteiger partial charge in [-0.05, 0) is 78.2 Å². The number of hydrogen-bond donors (Lipinski definition) is 1. The quantitative estimate of drug-likeness (QED) is 0.343. The van der Waals surface area contributed by atoms with Crippen LogP contribution < -0.4 is 5.32 Å². The number of ether oxygens (including phenoxy) is 3. The highest BCUT2D eigenvalue weighted by Gasteiger charge is 2.41. The van der Waals surface area contributed by atoms with Crippen molar-refractivity contribution in [3.8, 4) is 0 Å². The molecule has 0 aromatic heterocycles. The number of carbonyl (C=O) groups is 1. The van der Waals surface area contributed by atoms with Gasteiger partial charge in [-0.15, -0.1) is 0 Å². The van der Waals surface area contributed by atoms with E-state index in [1.165, 1.54) is 19.3 Å². The summed E-state index contributed by atoms with van der Waals surface area (Å²) in [5.41, 5.74) is 1.04. The van der Waals surface area contributed by atoms with Gasteiger partial charge in [0.05, 0.1) is 0 Å². The Morgan fingerprint density at radius 2 is 2.11 bits per heavy atom. The highest BCUT2D eigenvalue weighted by atomic mass is 127. The summed E-state index contributed by atoms with van der Waals surface area (Å²) in [6, 6.07) is 8.35. The zero-order valence-electron chi connectivity index (χ0n) is 16.9. The van der Waals surface area contributed by atoms with E-state index >= 15 is 0 Å². The van der Waals surface area contributed by atoms with Crippen LogP contribution in [0.25, 0.3) is 0 Å². The lowest BCUT2D eigenvalue weighted by Gasteiger charge is -2.29. The number of amides is 1. The Labute approximate surface area is 182 Å². The second-order valence-electron chi connectivity index (χ2n) is 8.03. The Hall–Kier alpha value is -0.860. The Balaban J connectivity index is 1.70. The molecule has 2 fully saturated rings. The molecule has 1 amide bonds. The standard InChI is InChI=1S/C22H32INO4/c1-3-4-9-20(21(27-14-26-2)17-7-5-6-8-18(17)23)28-22(25)24-19-13-15-10-11-16(19)12-15/h5-8,15-16,19-21H,3-4,9-14H2,1-2H3,(H,24,25)/t15?,16?,19?,20-,21-/m0/s1. The van der Waals surface area contributed by atoms with Crippen molar-refractivity contribution in [1.29, 1.82) is 0 Å². The molecule has 5 atom stereocenters. The maximum absolute atomic E-state index is 12.7. The minimum absolute atomic E-state index is 0.162. The van der Waals surface area contributed by atoms with Crippen molar-refractivity contribution >= 4 is 28.7 Å². The number of methoxy groups -OCH3 is 1. The normalized spacial score (nSPS) is 25.5. The highest BCUT2D eigenvalue weighted by molar-refractivity contribution is 14.1. The number of carbonyl (C=O) groups excluding carboxylic acids is 1. The third-order valence-electron chi connectivity index (χ3n) is 6.06. The van der Waals surface area contributed by atoms with E-state index in [1.807, 2.05) is 24.3 Å². The van der Waals surface area contributed by atoms with Crippen LogP contribution in [0.1, 0.15) is 63.5 Å². The zero-order chi connectivity index (χ0) is 19.9. The van der Waals surface area contributed by atoms with Crippen LogP contribution in [0.3, 0.4) is 0 Å². The Bertz CT molecular complexity index is 641. The summed E-state index contributed by atoms with van der Waals surface area (Å²) in [5, 5.41) is 3.14. The second-order valence-corrected chi connectivity index (χ2v) is 9.19. The molecule has 6 heteroatoms. The van der Waals surface area contributed by atoms with Gasteiger partial charge in [0.2, 0.25) is 0 Å². The van der Waals surface area contributed by atoms with E-state index < -0.39 is 0 Å². The van der Waals surface area contributed by atoms with Crippen LogP contribution in [0.5, 0.6) is 0 Å². The summed E-state index contributed by atoms with van der Waals surface area (Å²) in [4.78, 5) is 12.7. The maximum atomic E-state index is 12.7. The molecule has 28 heavy (non-hydrogen) atoms. The molecule has 0 radical (unpaired) electrons. The molecule has 1 aromatic rings. The smallest absolute Gasteiger partial charge is 0.407 e. The number of alkyl carbamates (subject to hydrolysis) is 1. The first-order valence-corrected chi connectivity index (χ1v) is 11.5. The third-order valence-corrected chi connectivity index (χ3v) is 7.04. The van der Waals surface area contributed by atoms with E-state index in [0.717, 1.165) is 40.7 Å². The van der Waals surface area contributed by atoms with Crippen molar-refractivity contribution in [3.05, 3.63) is 33.4 Å². The van der Waals surface area contributed by atoms with Crippen LogP contribution in [0.4, 0.5) is 4.79 Å². The largest absolute Gasteiger partial charge is 0.443 e. The van der Waals surface area contributed by atoms with Crippen molar-refractivity contribution in [2.75, 3.05) is 13.9 Å². The molecule has 0 spiro atoms. The number of benzene rings is 1. The van der Waals surface area contributed by atoms with Crippen molar-refractivity contribution in [1.82, 2.24) is 5.32 Å². The fourth-order valence-electron chi connectivity index (χ4n) is 4.67. The van der Waals surface area contributed by atoms with E-state index in [1.54, 1.807) is 7.11 Å². The molecule has 5 nitrogen and oxygen atoms in total. The fourth-order valence-corrected chi connectivity index (χ4v) is 5.36. The molecule has 0 saturated heterocycles. The van der Waals surface area contributed by atoms with Crippen molar-refractivity contribution in [2.45, 2.75) is 70.1 Å². The van der Waals surface area contributed by atoms with Gasteiger partial charge in [0.25, 0.3) is 0 Å². The Morgan fingerprint density at radius 1 is 1.29 bits per heavy atom. The van der Waals surface area contributed by atoms with Crippen molar-refractivity contribution < 1.29 is 19.0 Å². The fraction of sp³-hybridized carbons (Fsp3) is 0.682.